The Morgan fingerprint density at radius 2 is 1.75 bits per heavy atom. The second-order valence-corrected chi connectivity index (χ2v) is 5.52. The highest BCUT2D eigenvalue weighted by Crippen LogP contribution is 2.33. The summed E-state index contributed by atoms with van der Waals surface area (Å²) in [4.78, 5) is 2.19. The number of rotatable bonds is 2. The number of anilines is 1. The Labute approximate surface area is 118 Å². The fourth-order valence-electron chi connectivity index (χ4n) is 2.98. The van der Waals surface area contributed by atoms with Gasteiger partial charge in [0.05, 0.1) is 5.56 Å². The second kappa shape index (κ2) is 5.64. The van der Waals surface area contributed by atoms with Crippen LogP contribution < -0.4 is 10.2 Å². The summed E-state index contributed by atoms with van der Waals surface area (Å²) < 4.78 is 37.7. The molecule has 0 spiro atoms. The first-order chi connectivity index (χ1) is 9.34. The lowest BCUT2D eigenvalue weighted by molar-refractivity contribution is -0.137. The van der Waals surface area contributed by atoms with Crippen molar-refractivity contribution in [3.05, 3.63) is 29.8 Å². The molecule has 2 rings (SSSR count). The van der Waals surface area contributed by atoms with Gasteiger partial charge in [0.25, 0.3) is 0 Å². The van der Waals surface area contributed by atoms with Crippen LogP contribution in [0.25, 0.3) is 0 Å². The predicted octanol–water partition coefficient (Wildman–Crippen LogP) is 3.53. The summed E-state index contributed by atoms with van der Waals surface area (Å²) in [6, 6.07) is 6.25. The normalized spacial score (nSPS) is 27.7. The van der Waals surface area contributed by atoms with Crippen LogP contribution in [-0.2, 0) is 6.18 Å². The number of alkyl halides is 3. The molecule has 0 bridgehead atoms. The first-order valence-corrected chi connectivity index (χ1v) is 6.95. The fraction of sp³-hybridized carbons (Fsp3) is 0.600. The van der Waals surface area contributed by atoms with Gasteiger partial charge in [-0.1, -0.05) is 6.92 Å². The third-order valence-electron chi connectivity index (χ3n) is 4.47. The minimum Gasteiger partial charge on any atom is -0.368 e. The van der Waals surface area contributed by atoms with E-state index in [1.165, 1.54) is 0 Å². The third kappa shape index (κ3) is 2.92. The van der Waals surface area contributed by atoms with Gasteiger partial charge in [-0.3, -0.25) is 0 Å². The summed E-state index contributed by atoms with van der Waals surface area (Å²) in [5.41, 5.74) is 0.277. The lowest BCUT2D eigenvalue weighted by Gasteiger charge is -2.44. The van der Waals surface area contributed by atoms with Crippen molar-refractivity contribution in [3.63, 3.8) is 0 Å². The molecule has 0 aromatic heterocycles. The summed E-state index contributed by atoms with van der Waals surface area (Å²) in [5.74, 6) is 0.455. The molecule has 1 aliphatic heterocycles. The minimum absolute atomic E-state index is 0.304. The summed E-state index contributed by atoms with van der Waals surface area (Å²) in [6.07, 6.45) is -3.26. The standard InChI is InChI=1S/C15H21F3N2/c1-10-11(2)20(9-8-14(10)19-3)13-6-4-12(5-7-13)15(16,17)18/h4-7,10-11,14,19H,8-9H2,1-3H3. The Morgan fingerprint density at radius 1 is 1.15 bits per heavy atom. The maximum atomic E-state index is 12.6. The van der Waals surface area contributed by atoms with Gasteiger partial charge in [0.1, 0.15) is 0 Å². The molecule has 1 aromatic rings. The first kappa shape index (κ1) is 15.2. The minimum atomic E-state index is -4.27. The van der Waals surface area contributed by atoms with Crippen molar-refractivity contribution in [2.75, 3.05) is 18.5 Å². The Bertz CT molecular complexity index is 441. The Kier molecular flexibility index (Phi) is 4.28. The van der Waals surface area contributed by atoms with Gasteiger partial charge in [-0.05, 0) is 50.6 Å². The van der Waals surface area contributed by atoms with Gasteiger partial charge < -0.3 is 10.2 Å². The number of benzene rings is 1. The number of hydrogen-bond donors (Lipinski definition) is 1. The van der Waals surface area contributed by atoms with E-state index < -0.39 is 11.7 Å². The molecule has 0 aliphatic carbocycles. The molecule has 1 heterocycles. The Hall–Kier alpha value is -1.23. The molecule has 0 amide bonds. The van der Waals surface area contributed by atoms with E-state index in [0.717, 1.165) is 30.8 Å². The molecule has 1 fully saturated rings. The van der Waals surface area contributed by atoms with Crippen LogP contribution in [0.2, 0.25) is 0 Å². The zero-order chi connectivity index (χ0) is 14.9. The molecule has 20 heavy (non-hydrogen) atoms. The van der Waals surface area contributed by atoms with Crippen LogP contribution in [0.3, 0.4) is 0 Å². The summed E-state index contributed by atoms with van der Waals surface area (Å²) in [6.45, 7) is 5.18. The second-order valence-electron chi connectivity index (χ2n) is 5.52. The molecule has 5 heteroatoms. The van der Waals surface area contributed by atoms with E-state index >= 15 is 0 Å². The van der Waals surface area contributed by atoms with Gasteiger partial charge in [-0.2, -0.15) is 13.2 Å². The number of nitrogens with zero attached hydrogens (tertiary/aromatic N) is 1. The van der Waals surface area contributed by atoms with Gasteiger partial charge in [0, 0.05) is 24.3 Å². The topological polar surface area (TPSA) is 15.3 Å². The van der Waals surface area contributed by atoms with Crippen molar-refractivity contribution in [3.8, 4) is 0 Å². The van der Waals surface area contributed by atoms with E-state index in [2.05, 4.69) is 24.1 Å². The first-order valence-electron chi connectivity index (χ1n) is 6.95. The molecule has 3 atom stereocenters. The van der Waals surface area contributed by atoms with E-state index in [0.29, 0.717) is 18.0 Å². The van der Waals surface area contributed by atoms with Crippen LogP contribution in [-0.4, -0.2) is 25.7 Å². The highest BCUT2D eigenvalue weighted by Gasteiger charge is 2.33. The highest BCUT2D eigenvalue weighted by molar-refractivity contribution is 5.49. The van der Waals surface area contributed by atoms with Crippen LogP contribution in [0.5, 0.6) is 0 Å². The molecule has 0 saturated carbocycles. The Morgan fingerprint density at radius 3 is 2.25 bits per heavy atom. The van der Waals surface area contributed by atoms with E-state index in [4.69, 9.17) is 0 Å². The quantitative estimate of drug-likeness (QED) is 0.894. The molecule has 3 unspecified atom stereocenters. The molecular weight excluding hydrogens is 265 g/mol. The van der Waals surface area contributed by atoms with Crippen LogP contribution in [0, 0.1) is 5.92 Å². The van der Waals surface area contributed by atoms with Gasteiger partial charge in [-0.15, -0.1) is 0 Å². The summed E-state index contributed by atoms with van der Waals surface area (Å²) in [7, 11) is 1.96. The average Bonchev–Trinajstić information content (AvgIpc) is 2.41. The lowest BCUT2D eigenvalue weighted by Crippen LogP contribution is -2.52. The lowest BCUT2D eigenvalue weighted by atomic mass is 9.86. The van der Waals surface area contributed by atoms with Gasteiger partial charge in [0.2, 0.25) is 0 Å². The Balaban J connectivity index is 2.16. The monoisotopic (exact) mass is 286 g/mol. The van der Waals surface area contributed by atoms with Crippen molar-refractivity contribution in [1.82, 2.24) is 5.32 Å². The van der Waals surface area contributed by atoms with Crippen molar-refractivity contribution >= 4 is 5.69 Å². The van der Waals surface area contributed by atoms with Crippen molar-refractivity contribution < 1.29 is 13.2 Å². The van der Waals surface area contributed by atoms with Crippen molar-refractivity contribution in [2.45, 2.75) is 38.5 Å². The maximum Gasteiger partial charge on any atom is 0.416 e. The van der Waals surface area contributed by atoms with Gasteiger partial charge in [0.15, 0.2) is 0 Å². The highest BCUT2D eigenvalue weighted by atomic mass is 19.4. The SMILES string of the molecule is CNC1CCN(c2ccc(C(F)(F)F)cc2)C(C)C1C. The van der Waals surface area contributed by atoms with Gasteiger partial charge >= 0.3 is 6.18 Å². The van der Waals surface area contributed by atoms with Crippen LogP contribution in [0.4, 0.5) is 18.9 Å². The zero-order valence-corrected chi connectivity index (χ0v) is 12.0. The van der Waals surface area contributed by atoms with E-state index in [-0.39, 0.29) is 0 Å². The third-order valence-corrected chi connectivity index (χ3v) is 4.47. The number of nitrogens with one attached hydrogen (secondary N) is 1. The average molecular weight is 286 g/mol. The molecule has 0 radical (unpaired) electrons. The van der Waals surface area contributed by atoms with E-state index in [9.17, 15) is 13.2 Å². The molecule has 112 valence electrons. The molecule has 2 nitrogen and oxygen atoms in total. The van der Waals surface area contributed by atoms with Crippen LogP contribution in [0.1, 0.15) is 25.8 Å². The molecule has 1 N–H and O–H groups in total. The van der Waals surface area contributed by atoms with Crippen molar-refractivity contribution in [2.24, 2.45) is 5.92 Å². The smallest absolute Gasteiger partial charge is 0.368 e. The summed E-state index contributed by atoms with van der Waals surface area (Å²) >= 11 is 0. The number of hydrogen-bond acceptors (Lipinski definition) is 2. The molecule has 1 saturated heterocycles. The zero-order valence-electron chi connectivity index (χ0n) is 12.0. The van der Waals surface area contributed by atoms with Gasteiger partial charge in [-0.25, -0.2) is 0 Å². The van der Waals surface area contributed by atoms with E-state index in [1.54, 1.807) is 12.1 Å². The number of halogens is 3. The molecule has 1 aliphatic rings. The van der Waals surface area contributed by atoms with Crippen LogP contribution >= 0.6 is 0 Å². The van der Waals surface area contributed by atoms with Crippen molar-refractivity contribution in [1.29, 1.82) is 0 Å². The molecular formula is C15H21F3N2. The number of piperidine rings is 1. The predicted molar refractivity (Wildman–Crippen MR) is 74.9 cm³/mol. The van der Waals surface area contributed by atoms with Crippen LogP contribution in [0.15, 0.2) is 24.3 Å². The fourth-order valence-corrected chi connectivity index (χ4v) is 2.98. The summed E-state index contributed by atoms with van der Waals surface area (Å²) in [5, 5.41) is 3.31. The maximum absolute atomic E-state index is 12.6. The van der Waals surface area contributed by atoms with E-state index in [1.807, 2.05) is 7.05 Å². The largest absolute Gasteiger partial charge is 0.416 e. The molecule has 1 aromatic carbocycles.